The number of nitrogens with two attached hydrogens (primary N) is 1. The highest BCUT2D eigenvalue weighted by molar-refractivity contribution is 5.43. The fraction of sp³-hybridized carbons (Fsp3) is 0.333. The largest absolute Gasteiger partial charge is 0.504 e. The Morgan fingerprint density at radius 1 is 1.46 bits per heavy atom. The molecule has 1 unspecified atom stereocenters. The molecule has 0 radical (unpaired) electrons. The fourth-order valence-electron chi connectivity index (χ4n) is 0.992. The number of aromatic hydroxyl groups is 1. The van der Waals surface area contributed by atoms with Gasteiger partial charge in [-0.1, -0.05) is 6.07 Å². The van der Waals surface area contributed by atoms with E-state index < -0.39 is 5.72 Å². The number of ether oxygens (including phenoxy) is 1. The summed E-state index contributed by atoms with van der Waals surface area (Å²) >= 11 is 0. The first kappa shape index (κ1) is 9.83. The van der Waals surface area contributed by atoms with E-state index >= 15 is 0 Å². The van der Waals surface area contributed by atoms with Crippen LogP contribution in [0.4, 0.5) is 0 Å². The molecule has 1 rings (SSSR count). The van der Waals surface area contributed by atoms with Crippen molar-refractivity contribution in [3.8, 4) is 11.5 Å². The molecule has 0 aliphatic rings. The van der Waals surface area contributed by atoms with Crippen LogP contribution in [0.25, 0.3) is 0 Å². The van der Waals surface area contributed by atoms with E-state index in [1.165, 1.54) is 32.2 Å². The second-order valence-electron chi connectivity index (χ2n) is 3.03. The Labute approximate surface area is 76.6 Å². The zero-order valence-electron chi connectivity index (χ0n) is 7.61. The van der Waals surface area contributed by atoms with E-state index in [-0.39, 0.29) is 5.75 Å². The Morgan fingerprint density at radius 3 is 2.54 bits per heavy atom. The number of methoxy groups -OCH3 is 1. The predicted molar refractivity (Wildman–Crippen MR) is 48.4 cm³/mol. The van der Waals surface area contributed by atoms with Gasteiger partial charge in [0.25, 0.3) is 0 Å². The van der Waals surface area contributed by atoms with Crippen LogP contribution in [0, 0.1) is 0 Å². The lowest BCUT2D eigenvalue weighted by Crippen LogP contribution is -2.32. The molecule has 0 spiro atoms. The lowest BCUT2D eigenvalue weighted by Gasteiger charge is -2.18. The third-order valence-corrected chi connectivity index (χ3v) is 1.76. The molecular formula is C9H13NO3. The van der Waals surface area contributed by atoms with Crippen LogP contribution < -0.4 is 10.5 Å². The topological polar surface area (TPSA) is 75.7 Å². The van der Waals surface area contributed by atoms with E-state index in [9.17, 15) is 10.2 Å². The first-order valence-electron chi connectivity index (χ1n) is 3.84. The van der Waals surface area contributed by atoms with Crippen LogP contribution in [0.1, 0.15) is 12.5 Å². The van der Waals surface area contributed by atoms with Crippen molar-refractivity contribution in [2.75, 3.05) is 7.11 Å². The zero-order chi connectivity index (χ0) is 10.1. The van der Waals surface area contributed by atoms with Gasteiger partial charge >= 0.3 is 0 Å². The van der Waals surface area contributed by atoms with Crippen molar-refractivity contribution >= 4 is 0 Å². The van der Waals surface area contributed by atoms with Crippen LogP contribution in [0.15, 0.2) is 18.2 Å². The second-order valence-corrected chi connectivity index (χ2v) is 3.03. The van der Waals surface area contributed by atoms with Gasteiger partial charge in [-0.05, 0) is 19.1 Å². The van der Waals surface area contributed by atoms with Crippen LogP contribution in [0.2, 0.25) is 0 Å². The van der Waals surface area contributed by atoms with Gasteiger partial charge in [0.1, 0.15) is 5.72 Å². The van der Waals surface area contributed by atoms with Gasteiger partial charge in [0.05, 0.1) is 7.11 Å². The monoisotopic (exact) mass is 183 g/mol. The lowest BCUT2D eigenvalue weighted by molar-refractivity contribution is 0.0644. The summed E-state index contributed by atoms with van der Waals surface area (Å²) in [6, 6.07) is 4.46. The molecule has 4 N–H and O–H groups in total. The smallest absolute Gasteiger partial charge is 0.160 e. The second kappa shape index (κ2) is 3.24. The molecule has 0 aliphatic heterocycles. The zero-order valence-corrected chi connectivity index (χ0v) is 7.61. The fourth-order valence-corrected chi connectivity index (χ4v) is 0.992. The van der Waals surface area contributed by atoms with Crippen molar-refractivity contribution in [2.45, 2.75) is 12.6 Å². The molecule has 0 saturated heterocycles. The van der Waals surface area contributed by atoms with Gasteiger partial charge in [0.2, 0.25) is 0 Å². The molecule has 72 valence electrons. The molecule has 4 nitrogen and oxygen atoms in total. The summed E-state index contributed by atoms with van der Waals surface area (Å²) in [6.07, 6.45) is 0. The van der Waals surface area contributed by atoms with Crippen LogP contribution in [0.5, 0.6) is 11.5 Å². The Kier molecular flexibility index (Phi) is 2.45. The molecule has 0 aliphatic carbocycles. The summed E-state index contributed by atoms with van der Waals surface area (Å²) in [5.74, 6) is 0.318. The number of hydrogen-bond donors (Lipinski definition) is 3. The average Bonchev–Trinajstić information content (AvgIpc) is 2.03. The normalized spacial score (nSPS) is 15.1. The Bertz CT molecular complexity index is 304. The minimum atomic E-state index is -1.42. The maximum atomic E-state index is 9.44. The van der Waals surface area contributed by atoms with Crippen LogP contribution in [-0.4, -0.2) is 17.3 Å². The van der Waals surface area contributed by atoms with E-state index in [4.69, 9.17) is 10.5 Å². The quantitative estimate of drug-likeness (QED) is 0.584. The van der Waals surface area contributed by atoms with Crippen molar-refractivity contribution in [1.82, 2.24) is 0 Å². The first-order valence-corrected chi connectivity index (χ1v) is 3.84. The number of rotatable bonds is 2. The van der Waals surface area contributed by atoms with Crippen molar-refractivity contribution in [3.05, 3.63) is 23.8 Å². The number of hydrogen-bond acceptors (Lipinski definition) is 4. The van der Waals surface area contributed by atoms with Crippen molar-refractivity contribution in [2.24, 2.45) is 5.73 Å². The van der Waals surface area contributed by atoms with Gasteiger partial charge in [0, 0.05) is 5.56 Å². The van der Waals surface area contributed by atoms with Crippen molar-refractivity contribution in [1.29, 1.82) is 0 Å². The van der Waals surface area contributed by atoms with Gasteiger partial charge in [-0.3, -0.25) is 0 Å². The number of aliphatic hydroxyl groups is 1. The van der Waals surface area contributed by atoms with Crippen LogP contribution in [-0.2, 0) is 5.72 Å². The maximum absolute atomic E-state index is 9.44. The molecule has 13 heavy (non-hydrogen) atoms. The molecule has 0 heterocycles. The average molecular weight is 183 g/mol. The highest BCUT2D eigenvalue weighted by Gasteiger charge is 2.17. The number of phenols is 1. The summed E-state index contributed by atoms with van der Waals surface area (Å²) in [6.45, 7) is 1.46. The van der Waals surface area contributed by atoms with E-state index in [1.54, 1.807) is 0 Å². The molecular weight excluding hydrogens is 170 g/mol. The van der Waals surface area contributed by atoms with Crippen LogP contribution in [0.3, 0.4) is 0 Å². The van der Waals surface area contributed by atoms with E-state index in [2.05, 4.69) is 0 Å². The summed E-state index contributed by atoms with van der Waals surface area (Å²) < 4.78 is 4.86. The van der Waals surface area contributed by atoms with E-state index in [1.807, 2.05) is 0 Å². The Hall–Kier alpha value is -1.26. The SMILES string of the molecule is COc1cc(C(C)(N)O)ccc1O. The van der Waals surface area contributed by atoms with Crippen molar-refractivity contribution < 1.29 is 14.9 Å². The summed E-state index contributed by atoms with van der Waals surface area (Å²) in [5.41, 5.74) is 4.52. The molecule has 1 aromatic rings. The minimum Gasteiger partial charge on any atom is -0.504 e. The third kappa shape index (κ3) is 2.11. The Balaban J connectivity index is 3.14. The number of benzene rings is 1. The molecule has 0 amide bonds. The standard InChI is InChI=1S/C9H13NO3/c1-9(10,12)6-3-4-7(11)8(5-6)13-2/h3-5,11-12H,10H2,1-2H3. The summed E-state index contributed by atoms with van der Waals surface area (Å²) in [4.78, 5) is 0. The predicted octanol–water partition coefficient (Wildman–Crippen LogP) is 0.524. The molecule has 0 saturated carbocycles. The van der Waals surface area contributed by atoms with E-state index in [0.717, 1.165) is 0 Å². The third-order valence-electron chi connectivity index (χ3n) is 1.76. The van der Waals surface area contributed by atoms with Gasteiger partial charge in [0.15, 0.2) is 11.5 Å². The van der Waals surface area contributed by atoms with E-state index in [0.29, 0.717) is 11.3 Å². The summed E-state index contributed by atoms with van der Waals surface area (Å²) in [7, 11) is 1.43. The van der Waals surface area contributed by atoms with Gasteiger partial charge in [-0.15, -0.1) is 0 Å². The molecule has 0 aromatic heterocycles. The van der Waals surface area contributed by atoms with Crippen molar-refractivity contribution in [3.63, 3.8) is 0 Å². The summed E-state index contributed by atoms with van der Waals surface area (Å²) in [5, 5.41) is 18.7. The molecule has 4 heteroatoms. The maximum Gasteiger partial charge on any atom is 0.160 e. The molecule has 0 bridgehead atoms. The lowest BCUT2D eigenvalue weighted by atomic mass is 10.1. The molecule has 1 atom stereocenters. The first-order chi connectivity index (χ1) is 5.95. The molecule has 1 aromatic carbocycles. The number of phenolic OH excluding ortho intramolecular Hbond substituents is 1. The Morgan fingerprint density at radius 2 is 2.08 bits per heavy atom. The van der Waals surface area contributed by atoms with Gasteiger partial charge < -0.3 is 20.7 Å². The highest BCUT2D eigenvalue weighted by atomic mass is 16.5. The van der Waals surface area contributed by atoms with Gasteiger partial charge in [-0.2, -0.15) is 0 Å². The van der Waals surface area contributed by atoms with Gasteiger partial charge in [-0.25, -0.2) is 0 Å². The van der Waals surface area contributed by atoms with Crippen LogP contribution >= 0.6 is 0 Å². The highest BCUT2D eigenvalue weighted by Crippen LogP contribution is 2.29. The minimum absolute atomic E-state index is 0.0236. The molecule has 0 fully saturated rings.